The van der Waals surface area contributed by atoms with E-state index < -0.39 is 0 Å². The third-order valence-electron chi connectivity index (χ3n) is 2.29. The molecule has 80 valence electrons. The Morgan fingerprint density at radius 1 is 1.33 bits per heavy atom. The second-order valence-electron chi connectivity index (χ2n) is 3.75. The molecule has 1 aromatic rings. The zero-order valence-electron chi connectivity index (χ0n) is 9.83. The summed E-state index contributed by atoms with van der Waals surface area (Å²) >= 11 is 0. The molecule has 0 atom stereocenters. The number of likely N-dealkylation sites (N-methyl/N-ethyl adjacent to an activating group) is 1. The first-order valence-electron chi connectivity index (χ1n) is 5.29. The van der Waals surface area contributed by atoms with Crippen molar-refractivity contribution in [3.05, 3.63) is 46.9 Å². The minimum absolute atomic E-state index is 1.05. The predicted molar refractivity (Wildman–Crippen MR) is 67.7 cm³/mol. The molecule has 0 unspecified atom stereocenters. The molecule has 0 aliphatic rings. The Morgan fingerprint density at radius 3 is 2.53 bits per heavy atom. The molecular formula is C14H19N. The van der Waals surface area contributed by atoms with Crippen LogP contribution < -0.4 is 10.4 Å². The summed E-state index contributed by atoms with van der Waals surface area (Å²) < 4.78 is 0. The molecule has 1 heteroatoms. The van der Waals surface area contributed by atoms with Crippen LogP contribution in [0.1, 0.15) is 13.3 Å². The number of hydrogen-bond donors (Lipinski definition) is 0. The first-order valence-corrected chi connectivity index (χ1v) is 5.29. The largest absolute Gasteiger partial charge is 0.377 e. The fourth-order valence-electron chi connectivity index (χ4n) is 1.48. The summed E-state index contributed by atoms with van der Waals surface area (Å²) in [5.74, 6) is 0. The van der Waals surface area contributed by atoms with Crippen LogP contribution in [-0.2, 0) is 0 Å². The molecule has 0 saturated heterocycles. The summed E-state index contributed by atoms with van der Waals surface area (Å²) in [4.78, 5) is 2.12. The summed E-state index contributed by atoms with van der Waals surface area (Å²) in [5.41, 5.74) is 1.21. The first-order chi connectivity index (χ1) is 7.16. The fraction of sp³-hybridized carbons (Fsp3) is 0.286. The van der Waals surface area contributed by atoms with Gasteiger partial charge >= 0.3 is 0 Å². The van der Waals surface area contributed by atoms with Crippen molar-refractivity contribution >= 4 is 12.3 Å². The van der Waals surface area contributed by atoms with Gasteiger partial charge in [0.25, 0.3) is 0 Å². The molecule has 1 nitrogen and oxygen atoms in total. The van der Waals surface area contributed by atoms with E-state index in [9.17, 15) is 0 Å². The van der Waals surface area contributed by atoms with E-state index in [0.717, 1.165) is 11.6 Å². The molecular weight excluding hydrogens is 182 g/mol. The molecule has 0 fully saturated rings. The maximum atomic E-state index is 4.05. The quantitative estimate of drug-likeness (QED) is 0.720. The van der Waals surface area contributed by atoms with Gasteiger partial charge in [-0.1, -0.05) is 43.8 Å². The average molecular weight is 201 g/mol. The maximum Gasteiger partial charge on any atom is 0.0437 e. The highest BCUT2D eigenvalue weighted by Gasteiger charge is 1.96. The van der Waals surface area contributed by atoms with Gasteiger partial charge in [-0.15, -0.1) is 0 Å². The van der Waals surface area contributed by atoms with Crippen LogP contribution in [0.4, 0.5) is 0 Å². The molecule has 0 radical (unpaired) electrons. The van der Waals surface area contributed by atoms with E-state index in [1.165, 1.54) is 10.9 Å². The number of nitrogens with zero attached hydrogens (tertiary/aromatic N) is 1. The predicted octanol–water partition coefficient (Wildman–Crippen LogP) is 1.73. The van der Waals surface area contributed by atoms with Crippen LogP contribution in [0.2, 0.25) is 0 Å². The first kappa shape index (κ1) is 11.6. The topological polar surface area (TPSA) is 3.24 Å². The minimum Gasteiger partial charge on any atom is -0.377 e. The number of rotatable bonds is 3. The van der Waals surface area contributed by atoms with Gasteiger partial charge in [0, 0.05) is 25.0 Å². The lowest BCUT2D eigenvalue weighted by molar-refractivity contribution is 0.591. The Labute approximate surface area is 92.0 Å². The highest BCUT2D eigenvalue weighted by molar-refractivity contribution is 5.54. The Morgan fingerprint density at radius 2 is 2.00 bits per heavy atom. The molecule has 15 heavy (non-hydrogen) atoms. The monoisotopic (exact) mass is 201 g/mol. The lowest BCUT2D eigenvalue weighted by Crippen LogP contribution is -2.29. The summed E-state index contributed by atoms with van der Waals surface area (Å²) in [5, 5.41) is 2.27. The molecule has 1 aromatic carbocycles. The van der Waals surface area contributed by atoms with Gasteiger partial charge in [-0.05, 0) is 17.7 Å². The van der Waals surface area contributed by atoms with Gasteiger partial charge in [0.2, 0.25) is 0 Å². The van der Waals surface area contributed by atoms with Crippen molar-refractivity contribution in [3.8, 4) is 0 Å². The Hall–Kier alpha value is -1.50. The normalized spacial score (nSPS) is 13.0. The summed E-state index contributed by atoms with van der Waals surface area (Å²) in [7, 11) is 4.11. The van der Waals surface area contributed by atoms with Crippen LogP contribution in [0.5, 0.6) is 0 Å². The van der Waals surface area contributed by atoms with Crippen molar-refractivity contribution in [1.82, 2.24) is 4.90 Å². The lowest BCUT2D eigenvalue weighted by atomic mass is 10.2. The molecule has 0 aliphatic carbocycles. The molecule has 0 saturated carbocycles. The molecule has 1 rings (SSSR count). The van der Waals surface area contributed by atoms with E-state index >= 15 is 0 Å². The van der Waals surface area contributed by atoms with Gasteiger partial charge in [0.1, 0.15) is 0 Å². The van der Waals surface area contributed by atoms with Crippen LogP contribution >= 0.6 is 0 Å². The van der Waals surface area contributed by atoms with Crippen LogP contribution in [0.15, 0.2) is 36.4 Å². The van der Waals surface area contributed by atoms with Gasteiger partial charge in [0.15, 0.2) is 0 Å². The standard InChI is InChI=1S/C14H19N/c1-5-6-11-14(15(3)4)13-10-8-7-9-12(13)2/h6-11H,2,5H2,1,3-4H3/b11-6-,14-13+. The Balaban J connectivity index is 3.41. The van der Waals surface area contributed by atoms with Crippen LogP contribution in [0.25, 0.3) is 12.3 Å². The van der Waals surface area contributed by atoms with Crippen molar-refractivity contribution < 1.29 is 0 Å². The third-order valence-corrected chi connectivity index (χ3v) is 2.29. The lowest BCUT2D eigenvalue weighted by Gasteiger charge is -2.14. The molecule has 0 aromatic heterocycles. The van der Waals surface area contributed by atoms with Crippen molar-refractivity contribution in [3.63, 3.8) is 0 Å². The van der Waals surface area contributed by atoms with Gasteiger partial charge in [-0.3, -0.25) is 0 Å². The smallest absolute Gasteiger partial charge is 0.0437 e. The number of hydrogen-bond acceptors (Lipinski definition) is 1. The molecule has 0 aliphatic heterocycles. The zero-order valence-corrected chi connectivity index (χ0v) is 9.83. The van der Waals surface area contributed by atoms with E-state index in [0.29, 0.717) is 0 Å². The van der Waals surface area contributed by atoms with E-state index in [-0.39, 0.29) is 0 Å². The molecule has 0 amide bonds. The van der Waals surface area contributed by atoms with Crippen LogP contribution in [0.3, 0.4) is 0 Å². The summed E-state index contributed by atoms with van der Waals surface area (Å²) in [6, 6.07) is 8.21. The molecule has 0 spiro atoms. The summed E-state index contributed by atoms with van der Waals surface area (Å²) in [6.07, 6.45) is 5.38. The maximum absolute atomic E-state index is 4.05. The highest BCUT2D eigenvalue weighted by atomic mass is 15.1. The highest BCUT2D eigenvalue weighted by Crippen LogP contribution is 1.99. The number of benzene rings is 1. The minimum atomic E-state index is 1.05. The van der Waals surface area contributed by atoms with E-state index in [1.807, 2.05) is 18.2 Å². The zero-order chi connectivity index (χ0) is 11.3. The Kier molecular flexibility index (Phi) is 4.17. The van der Waals surface area contributed by atoms with Gasteiger partial charge < -0.3 is 4.90 Å². The van der Waals surface area contributed by atoms with Gasteiger partial charge in [0.05, 0.1) is 0 Å². The van der Waals surface area contributed by atoms with Crippen LogP contribution in [0, 0.1) is 0 Å². The molecule has 0 bridgehead atoms. The van der Waals surface area contributed by atoms with Gasteiger partial charge in [-0.2, -0.15) is 0 Å². The average Bonchev–Trinajstić information content (AvgIpc) is 2.20. The van der Waals surface area contributed by atoms with Gasteiger partial charge in [-0.25, -0.2) is 0 Å². The van der Waals surface area contributed by atoms with Crippen molar-refractivity contribution in [2.45, 2.75) is 13.3 Å². The summed E-state index contributed by atoms with van der Waals surface area (Å²) in [6.45, 7) is 6.19. The van der Waals surface area contributed by atoms with E-state index in [1.54, 1.807) is 0 Å². The van der Waals surface area contributed by atoms with Crippen molar-refractivity contribution in [2.24, 2.45) is 0 Å². The van der Waals surface area contributed by atoms with E-state index in [2.05, 4.69) is 50.7 Å². The second kappa shape index (κ2) is 5.40. The van der Waals surface area contributed by atoms with Crippen LogP contribution in [-0.4, -0.2) is 19.0 Å². The molecule has 0 N–H and O–H groups in total. The van der Waals surface area contributed by atoms with Crippen molar-refractivity contribution in [2.75, 3.05) is 14.1 Å². The fourth-order valence-corrected chi connectivity index (χ4v) is 1.48. The van der Waals surface area contributed by atoms with E-state index in [4.69, 9.17) is 0 Å². The second-order valence-corrected chi connectivity index (χ2v) is 3.75. The SMILES string of the molecule is C=c1cccc/c1=C(/C=C\CC)N(C)C. The number of allylic oxidation sites excluding steroid dienone is 1. The molecule has 0 heterocycles. The third kappa shape index (κ3) is 2.98. The van der Waals surface area contributed by atoms with Crippen molar-refractivity contribution in [1.29, 1.82) is 0 Å². The Bertz CT molecular complexity index is 441.